The van der Waals surface area contributed by atoms with Gasteiger partial charge in [0.2, 0.25) is 0 Å². The molecule has 0 radical (unpaired) electrons. The van der Waals surface area contributed by atoms with Gasteiger partial charge in [-0.1, -0.05) is 0 Å². The van der Waals surface area contributed by atoms with E-state index in [0.29, 0.717) is 19.2 Å². The molecule has 0 bridgehead atoms. The molecule has 2 heterocycles. The highest BCUT2D eigenvalue weighted by Gasteiger charge is 2.23. The minimum atomic E-state index is -0.510. The molecular weight excluding hydrogens is 288 g/mol. The summed E-state index contributed by atoms with van der Waals surface area (Å²) in [7, 11) is 3.56. The molecule has 2 aromatic rings. The SMILES string of the molecule is COCC(O)CN(C)c1nc2sccn2c1CNC1CC1. The fourth-order valence-electron chi connectivity index (χ4n) is 2.47. The van der Waals surface area contributed by atoms with Crippen molar-refractivity contribution < 1.29 is 9.84 Å². The number of nitrogens with one attached hydrogen (secondary N) is 1. The molecule has 6 nitrogen and oxygen atoms in total. The maximum Gasteiger partial charge on any atom is 0.195 e. The van der Waals surface area contributed by atoms with Gasteiger partial charge < -0.3 is 20.1 Å². The Hall–Kier alpha value is -1.15. The van der Waals surface area contributed by atoms with Crippen LogP contribution >= 0.6 is 11.3 Å². The summed E-state index contributed by atoms with van der Waals surface area (Å²) >= 11 is 1.63. The van der Waals surface area contributed by atoms with Crippen molar-refractivity contribution in [2.75, 3.05) is 32.2 Å². The van der Waals surface area contributed by atoms with Crippen LogP contribution in [-0.2, 0) is 11.3 Å². The molecule has 0 saturated heterocycles. The maximum atomic E-state index is 9.91. The highest BCUT2D eigenvalue weighted by atomic mass is 32.1. The van der Waals surface area contributed by atoms with E-state index in [4.69, 9.17) is 9.72 Å². The number of anilines is 1. The smallest absolute Gasteiger partial charge is 0.195 e. The minimum absolute atomic E-state index is 0.336. The van der Waals surface area contributed by atoms with Crippen LogP contribution in [0.15, 0.2) is 11.6 Å². The van der Waals surface area contributed by atoms with E-state index in [1.807, 2.05) is 17.3 Å². The zero-order valence-corrected chi connectivity index (χ0v) is 13.3. The number of hydrogen-bond donors (Lipinski definition) is 2. The fraction of sp³-hybridized carbons (Fsp3) is 0.643. The molecule has 1 aliphatic carbocycles. The number of nitrogens with zero attached hydrogens (tertiary/aromatic N) is 3. The van der Waals surface area contributed by atoms with E-state index in [1.54, 1.807) is 18.4 Å². The topological polar surface area (TPSA) is 62.0 Å². The van der Waals surface area contributed by atoms with Gasteiger partial charge in [-0.3, -0.25) is 4.40 Å². The number of aliphatic hydroxyl groups is 1. The number of ether oxygens (including phenoxy) is 1. The van der Waals surface area contributed by atoms with Gasteiger partial charge in [-0.2, -0.15) is 0 Å². The second kappa shape index (κ2) is 6.31. The van der Waals surface area contributed by atoms with Gasteiger partial charge in [0.1, 0.15) is 0 Å². The van der Waals surface area contributed by atoms with E-state index in [2.05, 4.69) is 15.9 Å². The number of methoxy groups -OCH3 is 1. The van der Waals surface area contributed by atoms with Crippen LogP contribution in [0.2, 0.25) is 0 Å². The van der Waals surface area contributed by atoms with Crippen LogP contribution in [0.5, 0.6) is 0 Å². The fourth-order valence-corrected chi connectivity index (χ4v) is 3.20. The van der Waals surface area contributed by atoms with E-state index >= 15 is 0 Å². The normalized spacial score (nSPS) is 16.5. The van der Waals surface area contributed by atoms with Crippen LogP contribution in [0.25, 0.3) is 4.96 Å². The van der Waals surface area contributed by atoms with Crippen molar-refractivity contribution >= 4 is 22.1 Å². The third kappa shape index (κ3) is 3.37. The summed E-state index contributed by atoms with van der Waals surface area (Å²) in [5.41, 5.74) is 1.16. The lowest BCUT2D eigenvalue weighted by molar-refractivity contribution is 0.0694. The summed E-state index contributed by atoms with van der Waals surface area (Å²) in [5.74, 6) is 0.935. The lowest BCUT2D eigenvalue weighted by atomic mass is 10.3. The number of likely N-dealkylation sites (N-methyl/N-ethyl adjacent to an activating group) is 1. The van der Waals surface area contributed by atoms with Crippen molar-refractivity contribution in [2.45, 2.75) is 31.5 Å². The van der Waals surface area contributed by atoms with E-state index < -0.39 is 6.10 Å². The zero-order valence-electron chi connectivity index (χ0n) is 12.5. The highest BCUT2D eigenvalue weighted by Crippen LogP contribution is 2.26. The Bertz CT molecular complexity index is 593. The van der Waals surface area contributed by atoms with Crippen LogP contribution in [0.4, 0.5) is 5.82 Å². The van der Waals surface area contributed by atoms with Gasteiger partial charge in [0, 0.05) is 44.9 Å². The van der Waals surface area contributed by atoms with Gasteiger partial charge in [-0.05, 0) is 12.8 Å². The Labute approximate surface area is 128 Å². The van der Waals surface area contributed by atoms with Gasteiger partial charge in [0.05, 0.1) is 18.4 Å². The number of rotatable bonds is 8. The Morgan fingerprint density at radius 1 is 1.62 bits per heavy atom. The molecule has 1 unspecified atom stereocenters. The van der Waals surface area contributed by atoms with Crippen LogP contribution < -0.4 is 10.2 Å². The molecule has 1 fully saturated rings. The molecule has 2 N–H and O–H groups in total. The van der Waals surface area contributed by atoms with Gasteiger partial charge in [0.15, 0.2) is 10.8 Å². The van der Waals surface area contributed by atoms with Gasteiger partial charge in [-0.15, -0.1) is 11.3 Å². The molecule has 0 aliphatic heterocycles. The number of aromatic nitrogens is 2. The first kappa shape index (κ1) is 14.8. The summed E-state index contributed by atoms with van der Waals surface area (Å²) in [6.07, 6.45) is 4.08. The first-order valence-corrected chi connectivity index (χ1v) is 8.13. The zero-order chi connectivity index (χ0) is 14.8. The van der Waals surface area contributed by atoms with Crippen molar-refractivity contribution in [3.63, 3.8) is 0 Å². The molecule has 21 heavy (non-hydrogen) atoms. The first-order chi connectivity index (χ1) is 10.2. The van der Waals surface area contributed by atoms with Crippen molar-refractivity contribution in [1.29, 1.82) is 0 Å². The summed E-state index contributed by atoms with van der Waals surface area (Å²) in [4.78, 5) is 7.70. The molecule has 0 spiro atoms. The van der Waals surface area contributed by atoms with Crippen molar-refractivity contribution in [3.05, 3.63) is 17.3 Å². The average Bonchev–Trinajstić information content (AvgIpc) is 3.04. The number of imidazole rings is 1. The standard InChI is InChI=1S/C14H22N4O2S/c1-17(8-11(19)9-20-2)13-12(7-15-10-3-4-10)18-5-6-21-14(18)16-13/h5-6,10-11,15,19H,3-4,7-9H2,1-2H3. The predicted molar refractivity (Wildman–Crippen MR) is 84.1 cm³/mol. The predicted octanol–water partition coefficient (Wildman–Crippen LogP) is 1.09. The maximum absolute atomic E-state index is 9.91. The Balaban J connectivity index is 1.78. The molecule has 3 rings (SSSR count). The van der Waals surface area contributed by atoms with E-state index in [-0.39, 0.29) is 0 Å². The number of aliphatic hydroxyl groups excluding tert-OH is 1. The van der Waals surface area contributed by atoms with E-state index in [1.165, 1.54) is 12.8 Å². The summed E-state index contributed by atoms with van der Waals surface area (Å²) < 4.78 is 7.12. The third-order valence-electron chi connectivity index (χ3n) is 3.68. The number of thiazole rings is 1. The Morgan fingerprint density at radius 2 is 2.43 bits per heavy atom. The summed E-state index contributed by atoms with van der Waals surface area (Å²) in [6, 6.07) is 0.659. The molecule has 7 heteroatoms. The molecule has 2 aromatic heterocycles. The van der Waals surface area contributed by atoms with Crippen molar-refractivity contribution in [2.24, 2.45) is 0 Å². The second-order valence-electron chi connectivity index (χ2n) is 5.58. The van der Waals surface area contributed by atoms with Crippen molar-refractivity contribution in [1.82, 2.24) is 14.7 Å². The third-order valence-corrected chi connectivity index (χ3v) is 4.44. The monoisotopic (exact) mass is 310 g/mol. The van der Waals surface area contributed by atoms with Gasteiger partial charge >= 0.3 is 0 Å². The van der Waals surface area contributed by atoms with Gasteiger partial charge in [-0.25, -0.2) is 4.98 Å². The molecular formula is C14H22N4O2S. The molecule has 0 aromatic carbocycles. The molecule has 116 valence electrons. The highest BCUT2D eigenvalue weighted by molar-refractivity contribution is 7.15. The quantitative estimate of drug-likeness (QED) is 0.764. The number of hydrogen-bond acceptors (Lipinski definition) is 6. The molecule has 0 amide bonds. The van der Waals surface area contributed by atoms with E-state index in [0.717, 1.165) is 23.0 Å². The van der Waals surface area contributed by atoms with Crippen molar-refractivity contribution in [3.8, 4) is 0 Å². The Morgan fingerprint density at radius 3 is 3.14 bits per heavy atom. The van der Waals surface area contributed by atoms with Gasteiger partial charge in [0.25, 0.3) is 0 Å². The van der Waals surface area contributed by atoms with Crippen LogP contribution in [0.3, 0.4) is 0 Å². The van der Waals surface area contributed by atoms with Crippen LogP contribution in [0, 0.1) is 0 Å². The molecule has 1 atom stereocenters. The number of fused-ring (bicyclic) bond motifs is 1. The summed E-state index contributed by atoms with van der Waals surface area (Å²) in [5, 5.41) is 15.5. The van der Waals surface area contributed by atoms with Crippen LogP contribution in [0.1, 0.15) is 18.5 Å². The molecule has 1 aliphatic rings. The lowest BCUT2D eigenvalue weighted by Gasteiger charge is -2.21. The second-order valence-corrected chi connectivity index (χ2v) is 6.46. The minimum Gasteiger partial charge on any atom is -0.389 e. The largest absolute Gasteiger partial charge is 0.389 e. The Kier molecular flexibility index (Phi) is 4.44. The first-order valence-electron chi connectivity index (χ1n) is 7.25. The summed E-state index contributed by atoms with van der Waals surface area (Å²) in [6.45, 7) is 1.65. The lowest BCUT2D eigenvalue weighted by Crippen LogP contribution is -2.33. The average molecular weight is 310 g/mol. The van der Waals surface area contributed by atoms with Crippen LogP contribution in [-0.4, -0.2) is 53.9 Å². The molecule has 1 saturated carbocycles. The van der Waals surface area contributed by atoms with E-state index in [9.17, 15) is 5.11 Å².